The van der Waals surface area contributed by atoms with Gasteiger partial charge in [0, 0.05) is 18.9 Å². The molecule has 0 aliphatic rings. The minimum Gasteiger partial charge on any atom is -0.383 e. The first-order valence-electron chi connectivity index (χ1n) is 6.24. The van der Waals surface area contributed by atoms with Crippen molar-refractivity contribution in [3.8, 4) is 0 Å². The first-order chi connectivity index (χ1) is 10.1. The van der Waals surface area contributed by atoms with Gasteiger partial charge in [-0.15, -0.1) is 0 Å². The molecule has 6 nitrogen and oxygen atoms in total. The highest BCUT2D eigenvalue weighted by Crippen LogP contribution is 2.09. The van der Waals surface area contributed by atoms with Crippen molar-refractivity contribution < 1.29 is 13.9 Å². The van der Waals surface area contributed by atoms with Crippen LogP contribution in [-0.4, -0.2) is 29.4 Å². The van der Waals surface area contributed by atoms with Crippen molar-refractivity contribution in [1.82, 2.24) is 9.78 Å². The van der Waals surface area contributed by atoms with Crippen LogP contribution in [0.4, 0.5) is 10.1 Å². The minimum atomic E-state index is -0.479. The Labute approximate surface area is 120 Å². The molecule has 0 radical (unpaired) electrons. The van der Waals surface area contributed by atoms with Crippen LogP contribution in [0.15, 0.2) is 41.2 Å². The first kappa shape index (κ1) is 14.9. The summed E-state index contributed by atoms with van der Waals surface area (Å²) in [5.74, 6) is -0.869. The molecule has 0 aliphatic heterocycles. The Hall–Kier alpha value is -2.54. The van der Waals surface area contributed by atoms with E-state index in [-0.39, 0.29) is 23.6 Å². The van der Waals surface area contributed by atoms with Gasteiger partial charge in [0.2, 0.25) is 0 Å². The Morgan fingerprint density at radius 2 is 2.00 bits per heavy atom. The van der Waals surface area contributed by atoms with Gasteiger partial charge in [0.15, 0.2) is 0 Å². The topological polar surface area (TPSA) is 73.2 Å². The van der Waals surface area contributed by atoms with E-state index in [0.717, 1.165) is 4.68 Å². The lowest BCUT2D eigenvalue weighted by Gasteiger charge is -2.07. The Morgan fingerprint density at radius 1 is 1.29 bits per heavy atom. The van der Waals surface area contributed by atoms with E-state index >= 15 is 0 Å². The summed E-state index contributed by atoms with van der Waals surface area (Å²) in [7, 11) is 1.51. The molecule has 0 fully saturated rings. The largest absolute Gasteiger partial charge is 0.383 e. The lowest BCUT2D eigenvalue weighted by atomic mass is 10.3. The van der Waals surface area contributed by atoms with E-state index in [2.05, 4.69) is 10.4 Å². The zero-order valence-electron chi connectivity index (χ0n) is 11.4. The second-order valence-electron chi connectivity index (χ2n) is 4.23. The van der Waals surface area contributed by atoms with Gasteiger partial charge < -0.3 is 10.1 Å². The smallest absolute Gasteiger partial charge is 0.276 e. The molecule has 0 bridgehead atoms. The lowest BCUT2D eigenvalue weighted by molar-refractivity contribution is 0.101. The molecule has 2 aromatic rings. The summed E-state index contributed by atoms with van der Waals surface area (Å²) in [6.45, 7) is 0.572. The number of anilines is 1. The van der Waals surface area contributed by atoms with Crippen molar-refractivity contribution in [1.29, 1.82) is 0 Å². The van der Waals surface area contributed by atoms with Crippen molar-refractivity contribution in [3.05, 3.63) is 58.3 Å². The Kier molecular flexibility index (Phi) is 4.78. The van der Waals surface area contributed by atoms with Crippen molar-refractivity contribution in [3.63, 3.8) is 0 Å². The average Bonchev–Trinajstić information content (AvgIpc) is 2.48. The summed E-state index contributed by atoms with van der Waals surface area (Å²) < 4.78 is 18.8. The predicted octanol–water partition coefficient (Wildman–Crippen LogP) is 1.28. The maximum absolute atomic E-state index is 12.8. The Bertz CT molecular complexity index is 683. The van der Waals surface area contributed by atoms with Crippen molar-refractivity contribution in [2.75, 3.05) is 19.0 Å². The number of hydrogen-bond acceptors (Lipinski definition) is 4. The van der Waals surface area contributed by atoms with E-state index in [1.807, 2.05) is 0 Å². The van der Waals surface area contributed by atoms with Gasteiger partial charge in [-0.3, -0.25) is 9.59 Å². The van der Waals surface area contributed by atoms with Gasteiger partial charge in [-0.2, -0.15) is 5.10 Å². The number of aromatic nitrogens is 2. The van der Waals surface area contributed by atoms with Crippen LogP contribution in [0.2, 0.25) is 0 Å². The number of nitrogens with zero attached hydrogens (tertiary/aromatic N) is 2. The fourth-order valence-corrected chi connectivity index (χ4v) is 1.64. The molecule has 2 rings (SSSR count). The number of benzene rings is 1. The zero-order chi connectivity index (χ0) is 15.2. The third-order valence-corrected chi connectivity index (χ3v) is 2.71. The van der Waals surface area contributed by atoms with Crippen molar-refractivity contribution >= 4 is 11.6 Å². The highest BCUT2D eigenvalue weighted by molar-refractivity contribution is 6.02. The van der Waals surface area contributed by atoms with Crippen LogP contribution in [0.25, 0.3) is 0 Å². The van der Waals surface area contributed by atoms with Crippen LogP contribution in [0, 0.1) is 5.82 Å². The summed E-state index contributed by atoms with van der Waals surface area (Å²) in [6.07, 6.45) is 0. The number of halogens is 1. The number of nitrogens with one attached hydrogen (secondary N) is 1. The molecular weight excluding hydrogens is 277 g/mol. The van der Waals surface area contributed by atoms with Crippen LogP contribution in [-0.2, 0) is 11.3 Å². The fourth-order valence-electron chi connectivity index (χ4n) is 1.64. The number of rotatable bonds is 5. The molecule has 0 atom stereocenters. The van der Waals surface area contributed by atoms with Crippen LogP contribution in [0.3, 0.4) is 0 Å². The molecule has 0 saturated heterocycles. The number of amides is 1. The van der Waals surface area contributed by atoms with Crippen LogP contribution >= 0.6 is 0 Å². The molecule has 1 N–H and O–H groups in total. The summed E-state index contributed by atoms with van der Waals surface area (Å²) in [6, 6.07) is 7.96. The minimum absolute atomic E-state index is 0.0926. The quantitative estimate of drug-likeness (QED) is 0.900. The first-order valence-corrected chi connectivity index (χ1v) is 6.24. The summed E-state index contributed by atoms with van der Waals surface area (Å²) in [5.41, 5.74) is 0.221. The second kappa shape index (κ2) is 6.76. The van der Waals surface area contributed by atoms with Crippen LogP contribution in [0.5, 0.6) is 0 Å². The SMILES string of the molecule is COCCn1nc(C(=O)Nc2ccc(F)cc2)ccc1=O. The molecule has 7 heteroatoms. The molecule has 0 aliphatic carbocycles. The van der Waals surface area contributed by atoms with E-state index in [4.69, 9.17) is 4.74 Å². The molecule has 1 heterocycles. The van der Waals surface area contributed by atoms with Crippen molar-refractivity contribution in [2.45, 2.75) is 6.54 Å². The molecule has 0 spiro atoms. The summed E-state index contributed by atoms with van der Waals surface area (Å²) >= 11 is 0. The second-order valence-corrected chi connectivity index (χ2v) is 4.23. The monoisotopic (exact) mass is 291 g/mol. The average molecular weight is 291 g/mol. The van der Waals surface area contributed by atoms with E-state index < -0.39 is 5.91 Å². The van der Waals surface area contributed by atoms with Crippen LogP contribution in [0.1, 0.15) is 10.5 Å². The van der Waals surface area contributed by atoms with Gasteiger partial charge in [0.25, 0.3) is 11.5 Å². The van der Waals surface area contributed by atoms with Crippen molar-refractivity contribution in [2.24, 2.45) is 0 Å². The van der Waals surface area contributed by atoms with E-state index in [9.17, 15) is 14.0 Å². The van der Waals surface area contributed by atoms with Gasteiger partial charge in [-0.1, -0.05) is 0 Å². The zero-order valence-corrected chi connectivity index (χ0v) is 11.4. The molecule has 0 unspecified atom stereocenters. The highest BCUT2D eigenvalue weighted by Gasteiger charge is 2.10. The normalized spacial score (nSPS) is 10.4. The maximum atomic E-state index is 12.8. The molecule has 1 aromatic heterocycles. The van der Waals surface area contributed by atoms with Gasteiger partial charge in [-0.05, 0) is 30.3 Å². The predicted molar refractivity (Wildman–Crippen MR) is 74.7 cm³/mol. The third-order valence-electron chi connectivity index (χ3n) is 2.71. The third kappa shape index (κ3) is 3.96. The number of ether oxygens (including phenoxy) is 1. The summed E-state index contributed by atoms with van der Waals surface area (Å²) in [4.78, 5) is 23.6. The Balaban J connectivity index is 2.15. The molecule has 1 amide bonds. The molecular formula is C14H14FN3O3. The Morgan fingerprint density at radius 3 is 2.67 bits per heavy atom. The van der Waals surface area contributed by atoms with Gasteiger partial charge in [0.05, 0.1) is 13.2 Å². The number of hydrogen-bond donors (Lipinski definition) is 1. The number of methoxy groups -OCH3 is 1. The van der Waals surface area contributed by atoms with Gasteiger partial charge >= 0.3 is 0 Å². The van der Waals surface area contributed by atoms with Gasteiger partial charge in [-0.25, -0.2) is 9.07 Å². The van der Waals surface area contributed by atoms with E-state index in [0.29, 0.717) is 12.3 Å². The highest BCUT2D eigenvalue weighted by atomic mass is 19.1. The standard InChI is InChI=1S/C14H14FN3O3/c1-21-9-8-18-13(19)7-6-12(17-18)14(20)16-11-4-2-10(15)3-5-11/h2-7H,8-9H2,1H3,(H,16,20). The van der Waals surface area contributed by atoms with Gasteiger partial charge in [0.1, 0.15) is 11.5 Å². The van der Waals surface area contributed by atoms with E-state index in [1.165, 1.54) is 43.5 Å². The molecule has 0 saturated carbocycles. The lowest BCUT2D eigenvalue weighted by Crippen LogP contribution is -2.27. The van der Waals surface area contributed by atoms with Crippen LogP contribution < -0.4 is 10.9 Å². The molecule has 1 aromatic carbocycles. The number of carbonyl (C=O) groups excluding carboxylic acids is 1. The summed E-state index contributed by atoms with van der Waals surface area (Å²) in [5, 5.41) is 6.53. The molecule has 21 heavy (non-hydrogen) atoms. The maximum Gasteiger partial charge on any atom is 0.276 e. The van der Waals surface area contributed by atoms with E-state index in [1.54, 1.807) is 0 Å². The number of carbonyl (C=O) groups is 1. The fraction of sp³-hybridized carbons (Fsp3) is 0.214. The molecule has 110 valence electrons.